The summed E-state index contributed by atoms with van der Waals surface area (Å²) in [7, 11) is -2.12. The minimum atomic E-state index is -3.68. The molecule has 2 heterocycles. The van der Waals surface area contributed by atoms with Crippen LogP contribution in [0.1, 0.15) is 32.0 Å². The number of carbonyl (C=O) groups is 2. The van der Waals surface area contributed by atoms with E-state index < -0.39 is 15.9 Å². The number of nitrogens with one attached hydrogen (secondary N) is 1. The Morgan fingerprint density at radius 1 is 0.938 bits per heavy atom. The molecule has 1 aliphatic rings. The number of aromatic nitrogens is 1. The molecule has 2 amide bonds. The number of amides is 2. The molecule has 0 atom stereocenters. The molecule has 3 aromatic rings. The number of hydrogen-bond donors (Lipinski definition) is 1. The van der Waals surface area contributed by atoms with Crippen molar-refractivity contribution >= 4 is 21.8 Å². The lowest BCUT2D eigenvalue weighted by atomic mass is 10.1. The summed E-state index contributed by atoms with van der Waals surface area (Å²) in [5, 5.41) is 0. The first-order valence-electron chi connectivity index (χ1n) is 9.92. The van der Waals surface area contributed by atoms with Crippen LogP contribution in [0.3, 0.4) is 0 Å². The van der Waals surface area contributed by atoms with Gasteiger partial charge in [0.25, 0.3) is 11.8 Å². The molecule has 0 fully saturated rings. The molecule has 4 rings (SSSR count). The molecule has 32 heavy (non-hydrogen) atoms. The van der Waals surface area contributed by atoms with Gasteiger partial charge in [-0.05, 0) is 53.9 Å². The Balaban J connectivity index is 1.36. The lowest BCUT2D eigenvalue weighted by Crippen LogP contribution is -2.31. The lowest BCUT2D eigenvalue weighted by molar-refractivity contribution is 0.0654. The van der Waals surface area contributed by atoms with Crippen LogP contribution in [0, 0.1) is 0 Å². The van der Waals surface area contributed by atoms with E-state index in [0.717, 1.165) is 11.1 Å². The summed E-state index contributed by atoms with van der Waals surface area (Å²) in [4.78, 5) is 30.1. The van der Waals surface area contributed by atoms with Crippen LogP contribution in [0.15, 0.2) is 71.8 Å². The number of carbonyl (C=O) groups excluding carboxylic acids is 2. The van der Waals surface area contributed by atoms with Crippen molar-refractivity contribution in [1.29, 1.82) is 0 Å². The van der Waals surface area contributed by atoms with E-state index in [0.29, 0.717) is 17.7 Å². The van der Waals surface area contributed by atoms with E-state index >= 15 is 0 Å². The molecular weight excluding hydrogens is 430 g/mol. The standard InChI is InChI=1S/C23H21N3O5S/c1-31-18-8-4-17(5-9-18)15-25-32(29,30)19-10-6-16(7-11-19)12-14-26-22(27)20-3-2-13-24-21(20)23(26)28/h2-11,13,25H,12,14-15H2,1H3. The molecule has 2 aromatic carbocycles. The summed E-state index contributed by atoms with van der Waals surface area (Å²) in [6, 6.07) is 16.7. The SMILES string of the molecule is COc1ccc(CNS(=O)(=O)c2ccc(CCN3C(=O)c4cccnc4C3=O)cc2)cc1. The third-order valence-electron chi connectivity index (χ3n) is 5.21. The van der Waals surface area contributed by atoms with Crippen LogP contribution < -0.4 is 9.46 Å². The number of hydrogen-bond acceptors (Lipinski definition) is 6. The van der Waals surface area contributed by atoms with E-state index in [-0.39, 0.29) is 29.6 Å². The Morgan fingerprint density at radius 3 is 2.28 bits per heavy atom. The number of benzene rings is 2. The van der Waals surface area contributed by atoms with Crippen molar-refractivity contribution in [3.63, 3.8) is 0 Å². The topological polar surface area (TPSA) is 106 Å². The van der Waals surface area contributed by atoms with Gasteiger partial charge in [0.05, 0.1) is 17.6 Å². The van der Waals surface area contributed by atoms with Gasteiger partial charge >= 0.3 is 0 Å². The normalized spacial score (nSPS) is 13.3. The first-order valence-corrected chi connectivity index (χ1v) is 11.4. The molecule has 8 nitrogen and oxygen atoms in total. The van der Waals surface area contributed by atoms with E-state index in [1.807, 2.05) is 0 Å². The van der Waals surface area contributed by atoms with Crippen molar-refractivity contribution in [2.24, 2.45) is 0 Å². The predicted octanol–water partition coefficient (Wildman–Crippen LogP) is 2.41. The maximum atomic E-state index is 12.6. The number of ether oxygens (including phenoxy) is 1. The quantitative estimate of drug-likeness (QED) is 0.527. The van der Waals surface area contributed by atoms with Gasteiger partial charge in [0.2, 0.25) is 10.0 Å². The minimum absolute atomic E-state index is 0.139. The summed E-state index contributed by atoms with van der Waals surface area (Å²) < 4.78 is 32.8. The summed E-state index contributed by atoms with van der Waals surface area (Å²) in [5.74, 6) is -0.0720. The Hall–Kier alpha value is -3.56. The highest BCUT2D eigenvalue weighted by atomic mass is 32.2. The van der Waals surface area contributed by atoms with Crippen molar-refractivity contribution in [3.8, 4) is 5.75 Å². The number of nitrogens with zero attached hydrogens (tertiary/aromatic N) is 2. The lowest BCUT2D eigenvalue weighted by Gasteiger charge is -2.13. The van der Waals surface area contributed by atoms with Gasteiger partial charge in [-0.3, -0.25) is 19.5 Å². The van der Waals surface area contributed by atoms with E-state index in [1.165, 1.54) is 23.2 Å². The first kappa shape index (κ1) is 21.7. The maximum Gasteiger partial charge on any atom is 0.280 e. The molecule has 0 saturated heterocycles. The molecule has 164 valence electrons. The minimum Gasteiger partial charge on any atom is -0.497 e. The van der Waals surface area contributed by atoms with Crippen molar-refractivity contribution in [1.82, 2.24) is 14.6 Å². The van der Waals surface area contributed by atoms with Crippen LogP contribution in [0.4, 0.5) is 0 Å². The largest absolute Gasteiger partial charge is 0.497 e. The maximum absolute atomic E-state index is 12.6. The smallest absolute Gasteiger partial charge is 0.280 e. The van der Waals surface area contributed by atoms with E-state index in [2.05, 4.69) is 9.71 Å². The number of imide groups is 1. The number of sulfonamides is 1. The fourth-order valence-corrected chi connectivity index (χ4v) is 4.42. The fourth-order valence-electron chi connectivity index (χ4n) is 3.40. The fraction of sp³-hybridized carbons (Fsp3) is 0.174. The molecule has 1 N–H and O–H groups in total. The zero-order chi connectivity index (χ0) is 22.7. The molecular formula is C23H21N3O5S. The molecule has 9 heteroatoms. The van der Waals surface area contributed by atoms with Crippen molar-refractivity contribution in [2.45, 2.75) is 17.9 Å². The van der Waals surface area contributed by atoms with Crippen molar-refractivity contribution < 1.29 is 22.7 Å². The third-order valence-corrected chi connectivity index (χ3v) is 6.63. The number of pyridine rings is 1. The Bertz CT molecular complexity index is 1220. The van der Waals surface area contributed by atoms with Gasteiger partial charge in [-0.1, -0.05) is 24.3 Å². The van der Waals surface area contributed by atoms with Crippen LogP contribution >= 0.6 is 0 Å². The van der Waals surface area contributed by atoms with Crippen LogP contribution in [0.5, 0.6) is 5.75 Å². The van der Waals surface area contributed by atoms with E-state index in [4.69, 9.17) is 4.74 Å². The molecule has 0 bridgehead atoms. The van der Waals surface area contributed by atoms with Crippen molar-refractivity contribution in [2.75, 3.05) is 13.7 Å². The van der Waals surface area contributed by atoms with Gasteiger partial charge in [0, 0.05) is 19.3 Å². The average Bonchev–Trinajstić information content (AvgIpc) is 3.07. The number of fused-ring (bicyclic) bond motifs is 1. The Kier molecular flexibility index (Phi) is 6.02. The molecule has 0 saturated carbocycles. The van der Waals surface area contributed by atoms with Gasteiger partial charge in [-0.15, -0.1) is 0 Å². The first-order chi connectivity index (χ1) is 15.4. The molecule has 1 aliphatic heterocycles. The van der Waals surface area contributed by atoms with Crippen LogP contribution in [0.2, 0.25) is 0 Å². The molecule has 0 radical (unpaired) electrons. The van der Waals surface area contributed by atoms with Gasteiger partial charge in [0.1, 0.15) is 11.4 Å². The van der Waals surface area contributed by atoms with Gasteiger partial charge in [-0.2, -0.15) is 0 Å². The van der Waals surface area contributed by atoms with Crippen LogP contribution in [-0.2, 0) is 23.0 Å². The molecule has 0 aliphatic carbocycles. The summed E-state index contributed by atoms with van der Waals surface area (Å²) >= 11 is 0. The van der Waals surface area contributed by atoms with E-state index in [1.54, 1.807) is 55.6 Å². The highest BCUT2D eigenvalue weighted by Gasteiger charge is 2.36. The highest BCUT2D eigenvalue weighted by molar-refractivity contribution is 7.89. The predicted molar refractivity (Wildman–Crippen MR) is 117 cm³/mol. The number of rotatable bonds is 8. The summed E-state index contributed by atoms with van der Waals surface area (Å²) in [6.07, 6.45) is 1.89. The number of methoxy groups -OCH3 is 1. The van der Waals surface area contributed by atoms with Crippen LogP contribution in [0.25, 0.3) is 0 Å². The monoisotopic (exact) mass is 451 g/mol. The second kappa shape index (κ2) is 8.89. The molecule has 1 aromatic heterocycles. The van der Waals surface area contributed by atoms with Gasteiger partial charge < -0.3 is 4.74 Å². The van der Waals surface area contributed by atoms with Crippen LogP contribution in [-0.4, -0.2) is 43.8 Å². The van der Waals surface area contributed by atoms with E-state index in [9.17, 15) is 18.0 Å². The summed E-state index contributed by atoms with van der Waals surface area (Å²) in [6.45, 7) is 0.345. The van der Waals surface area contributed by atoms with Gasteiger partial charge in [-0.25, -0.2) is 13.1 Å². The second-order valence-corrected chi connectivity index (χ2v) is 9.00. The van der Waals surface area contributed by atoms with Crippen molar-refractivity contribution in [3.05, 3.63) is 89.2 Å². The second-order valence-electron chi connectivity index (χ2n) is 7.23. The van der Waals surface area contributed by atoms with Gasteiger partial charge in [0.15, 0.2) is 0 Å². The Morgan fingerprint density at radius 2 is 1.62 bits per heavy atom. The average molecular weight is 452 g/mol. The molecule has 0 unspecified atom stereocenters. The highest BCUT2D eigenvalue weighted by Crippen LogP contribution is 2.21. The third kappa shape index (κ3) is 4.39. The Labute approximate surface area is 185 Å². The zero-order valence-corrected chi connectivity index (χ0v) is 18.1. The molecule has 0 spiro atoms. The zero-order valence-electron chi connectivity index (χ0n) is 17.3. The summed E-state index contributed by atoms with van der Waals surface area (Å²) in [5.41, 5.74) is 2.09.